The molecule has 1 atom stereocenters. The molecule has 134 valence electrons. The van der Waals surface area contributed by atoms with E-state index in [1.807, 2.05) is 0 Å². The molecule has 11 heteroatoms. The molecule has 1 fully saturated rings. The molecule has 1 aromatic heterocycles. The Bertz CT molecular complexity index is 590. The van der Waals surface area contributed by atoms with Crippen molar-refractivity contribution in [1.29, 1.82) is 0 Å². The minimum Gasteiger partial charge on any atom is -0.354 e. The lowest BCUT2D eigenvalue weighted by Gasteiger charge is -2.33. The van der Waals surface area contributed by atoms with E-state index in [4.69, 9.17) is 0 Å². The number of nitro groups is 1. The lowest BCUT2D eigenvalue weighted by molar-refractivity contribution is -0.385. The number of likely N-dealkylation sites (tertiary alicyclic amines) is 1. The normalized spacial score (nSPS) is 19.2. The van der Waals surface area contributed by atoms with E-state index in [-0.39, 0.29) is 37.1 Å². The van der Waals surface area contributed by atoms with E-state index in [9.17, 15) is 28.1 Å². The van der Waals surface area contributed by atoms with Gasteiger partial charge in [-0.1, -0.05) is 0 Å². The maximum Gasteiger partial charge on any atom is 0.401 e. The second kappa shape index (κ2) is 7.60. The van der Waals surface area contributed by atoms with Gasteiger partial charge in [-0.25, -0.2) is 0 Å². The lowest BCUT2D eigenvalue weighted by Crippen LogP contribution is -2.44. The molecule has 1 N–H and O–H groups in total. The van der Waals surface area contributed by atoms with Crippen molar-refractivity contribution in [3.05, 3.63) is 22.5 Å². The van der Waals surface area contributed by atoms with Crippen LogP contribution in [0.4, 0.5) is 18.9 Å². The summed E-state index contributed by atoms with van der Waals surface area (Å²) < 4.78 is 38.4. The summed E-state index contributed by atoms with van der Waals surface area (Å²) >= 11 is 0. The highest BCUT2D eigenvalue weighted by Gasteiger charge is 2.33. The fraction of sp³-hybridized carbons (Fsp3) is 0.692. The van der Waals surface area contributed by atoms with Gasteiger partial charge in [0.25, 0.3) is 0 Å². The SMILES string of the molecule is O=C(Cn1cc([N+](=O)[O-])cn1)NC[C@H]1CCCN(CC(F)(F)F)C1. The summed E-state index contributed by atoms with van der Waals surface area (Å²) in [6.45, 7) is -0.147. The molecular formula is C13H18F3N5O3. The van der Waals surface area contributed by atoms with Crippen LogP contribution in [-0.4, -0.2) is 57.9 Å². The molecule has 0 radical (unpaired) electrons. The number of hydrogen-bond donors (Lipinski definition) is 1. The predicted molar refractivity (Wildman–Crippen MR) is 77.1 cm³/mol. The van der Waals surface area contributed by atoms with Crippen molar-refractivity contribution >= 4 is 11.6 Å². The van der Waals surface area contributed by atoms with Gasteiger partial charge in [-0.2, -0.15) is 18.3 Å². The minimum absolute atomic E-state index is 0.0444. The summed E-state index contributed by atoms with van der Waals surface area (Å²) in [7, 11) is 0. The molecule has 0 aromatic carbocycles. The summed E-state index contributed by atoms with van der Waals surface area (Å²) in [6.07, 6.45) is -0.627. The number of nitrogens with one attached hydrogen (secondary N) is 1. The number of alkyl halides is 3. The Morgan fingerprint density at radius 2 is 2.25 bits per heavy atom. The predicted octanol–water partition coefficient (Wildman–Crippen LogP) is 1.18. The number of amides is 1. The Hall–Kier alpha value is -2.17. The van der Waals surface area contributed by atoms with Crippen LogP contribution in [0, 0.1) is 16.0 Å². The molecule has 1 aliphatic heterocycles. The topological polar surface area (TPSA) is 93.3 Å². The number of rotatable bonds is 6. The monoisotopic (exact) mass is 349 g/mol. The Labute approximate surface area is 135 Å². The average Bonchev–Trinajstić information content (AvgIpc) is 2.92. The molecule has 8 nitrogen and oxygen atoms in total. The molecule has 2 heterocycles. The first kappa shape index (κ1) is 18.2. The molecule has 0 unspecified atom stereocenters. The van der Waals surface area contributed by atoms with Crippen LogP contribution >= 0.6 is 0 Å². The van der Waals surface area contributed by atoms with Crippen LogP contribution in [0.25, 0.3) is 0 Å². The largest absolute Gasteiger partial charge is 0.401 e. The summed E-state index contributed by atoms with van der Waals surface area (Å²) in [6, 6.07) is 0. The molecule has 1 amide bonds. The van der Waals surface area contributed by atoms with Gasteiger partial charge < -0.3 is 5.32 Å². The lowest BCUT2D eigenvalue weighted by atomic mass is 9.98. The fourth-order valence-corrected chi connectivity index (χ4v) is 2.71. The van der Waals surface area contributed by atoms with Crippen molar-refractivity contribution in [3.63, 3.8) is 0 Å². The van der Waals surface area contributed by atoms with Crippen molar-refractivity contribution in [3.8, 4) is 0 Å². The number of halogens is 3. The van der Waals surface area contributed by atoms with Crippen LogP contribution in [0.1, 0.15) is 12.8 Å². The zero-order chi connectivity index (χ0) is 17.7. The number of hydrogen-bond acceptors (Lipinski definition) is 5. The smallest absolute Gasteiger partial charge is 0.354 e. The van der Waals surface area contributed by atoms with Crippen molar-refractivity contribution in [2.75, 3.05) is 26.2 Å². The number of aromatic nitrogens is 2. The molecule has 0 saturated carbocycles. The molecule has 1 aliphatic rings. The molecule has 2 rings (SSSR count). The molecule has 24 heavy (non-hydrogen) atoms. The third-order valence-corrected chi connectivity index (χ3v) is 3.73. The number of carbonyl (C=O) groups excluding carboxylic acids is 1. The summed E-state index contributed by atoms with van der Waals surface area (Å²) in [5.41, 5.74) is -0.210. The highest BCUT2D eigenvalue weighted by Crippen LogP contribution is 2.22. The van der Waals surface area contributed by atoms with Gasteiger partial charge in [0, 0.05) is 13.1 Å². The van der Waals surface area contributed by atoms with Gasteiger partial charge in [0.1, 0.15) is 18.9 Å². The van der Waals surface area contributed by atoms with Crippen LogP contribution in [0.3, 0.4) is 0 Å². The zero-order valence-corrected chi connectivity index (χ0v) is 12.8. The molecule has 1 aromatic rings. The summed E-state index contributed by atoms with van der Waals surface area (Å²) in [4.78, 5) is 23.1. The van der Waals surface area contributed by atoms with E-state index in [0.717, 1.165) is 23.5 Å². The van der Waals surface area contributed by atoms with Crippen LogP contribution < -0.4 is 5.32 Å². The maximum absolute atomic E-state index is 12.4. The number of nitrogens with zero attached hydrogens (tertiary/aromatic N) is 4. The van der Waals surface area contributed by atoms with Crippen LogP contribution in [0.2, 0.25) is 0 Å². The van der Waals surface area contributed by atoms with Gasteiger partial charge in [0.15, 0.2) is 0 Å². The standard InChI is InChI=1S/C13H18F3N5O3/c14-13(15,16)9-19-3-1-2-10(6-19)4-17-12(22)8-20-7-11(5-18-20)21(23)24/h5,7,10H,1-4,6,8-9H2,(H,17,22)/t10-/m1/s1. The molecule has 1 saturated heterocycles. The van der Waals surface area contributed by atoms with Gasteiger partial charge in [0.05, 0.1) is 11.5 Å². The molecule has 0 aliphatic carbocycles. The van der Waals surface area contributed by atoms with Crippen LogP contribution in [0.5, 0.6) is 0 Å². The first-order valence-electron chi connectivity index (χ1n) is 7.45. The van der Waals surface area contributed by atoms with Crippen LogP contribution in [-0.2, 0) is 11.3 Å². The summed E-state index contributed by atoms with van der Waals surface area (Å²) in [5.74, 6) is -0.432. The van der Waals surface area contributed by atoms with E-state index < -0.39 is 17.6 Å². The highest BCUT2D eigenvalue weighted by atomic mass is 19.4. The third-order valence-electron chi connectivity index (χ3n) is 3.73. The van der Waals surface area contributed by atoms with Crippen LogP contribution in [0.15, 0.2) is 12.4 Å². The fourth-order valence-electron chi connectivity index (χ4n) is 2.71. The van der Waals surface area contributed by atoms with E-state index >= 15 is 0 Å². The zero-order valence-electron chi connectivity index (χ0n) is 12.8. The second-order valence-corrected chi connectivity index (χ2v) is 5.82. The molecular weight excluding hydrogens is 331 g/mol. The Kier molecular flexibility index (Phi) is 5.75. The minimum atomic E-state index is -4.22. The number of piperidine rings is 1. The van der Waals surface area contributed by atoms with Crippen molar-refractivity contribution in [2.24, 2.45) is 5.92 Å². The van der Waals surface area contributed by atoms with Crippen molar-refractivity contribution in [1.82, 2.24) is 20.0 Å². The first-order chi connectivity index (χ1) is 11.2. The quantitative estimate of drug-likeness (QED) is 0.615. The molecule has 0 spiro atoms. The third kappa shape index (κ3) is 5.80. The van der Waals surface area contributed by atoms with E-state index in [2.05, 4.69) is 10.4 Å². The van der Waals surface area contributed by atoms with Crippen molar-refractivity contribution < 1.29 is 22.9 Å². The van der Waals surface area contributed by atoms with Gasteiger partial charge in [0.2, 0.25) is 5.91 Å². The van der Waals surface area contributed by atoms with Gasteiger partial charge in [-0.05, 0) is 25.3 Å². The Morgan fingerprint density at radius 1 is 1.50 bits per heavy atom. The van der Waals surface area contributed by atoms with Gasteiger partial charge >= 0.3 is 11.9 Å². The highest BCUT2D eigenvalue weighted by molar-refractivity contribution is 5.75. The van der Waals surface area contributed by atoms with Crippen molar-refractivity contribution in [2.45, 2.75) is 25.6 Å². The molecule has 0 bridgehead atoms. The Morgan fingerprint density at radius 3 is 2.88 bits per heavy atom. The maximum atomic E-state index is 12.4. The van der Waals surface area contributed by atoms with Gasteiger partial charge in [-0.3, -0.25) is 24.5 Å². The summed E-state index contributed by atoms with van der Waals surface area (Å²) in [5, 5.41) is 16.9. The number of carbonyl (C=O) groups is 1. The van der Waals surface area contributed by atoms with E-state index in [1.165, 1.54) is 4.90 Å². The Balaban J connectivity index is 1.75. The van der Waals surface area contributed by atoms with E-state index in [0.29, 0.717) is 13.0 Å². The first-order valence-corrected chi connectivity index (χ1v) is 7.45. The second-order valence-electron chi connectivity index (χ2n) is 5.82. The van der Waals surface area contributed by atoms with E-state index in [1.54, 1.807) is 0 Å². The van der Waals surface area contributed by atoms with Gasteiger partial charge in [-0.15, -0.1) is 0 Å². The average molecular weight is 349 g/mol.